The molecule has 0 N–H and O–H groups in total. The van der Waals surface area contributed by atoms with Crippen LogP contribution in [0, 0.1) is 5.92 Å². The Hall–Kier alpha value is -0.340. The van der Waals surface area contributed by atoms with Gasteiger partial charge in [-0.25, -0.2) is 0 Å². The molecule has 0 aromatic carbocycles. The second kappa shape index (κ2) is 7.76. The highest BCUT2D eigenvalue weighted by molar-refractivity contribution is 4.64. The van der Waals surface area contributed by atoms with Crippen LogP contribution in [0.15, 0.2) is 12.7 Å². The minimum atomic E-state index is 0.481. The van der Waals surface area contributed by atoms with Gasteiger partial charge in [-0.3, -0.25) is 0 Å². The Morgan fingerprint density at radius 3 is 2.55 bits per heavy atom. The predicted octanol–water partition coefficient (Wildman–Crippen LogP) is 1.86. The van der Waals surface area contributed by atoms with E-state index in [0.717, 1.165) is 19.8 Å². The maximum absolute atomic E-state index is 5.24. The van der Waals surface area contributed by atoms with E-state index in [2.05, 4.69) is 13.5 Å². The van der Waals surface area contributed by atoms with Gasteiger partial charge in [0.15, 0.2) is 0 Å². The van der Waals surface area contributed by atoms with Crippen molar-refractivity contribution < 1.29 is 9.47 Å². The lowest BCUT2D eigenvalue weighted by Gasteiger charge is -2.10. The normalized spacial score (nSPS) is 12.9. The molecule has 0 aliphatic rings. The molecule has 2 heteroatoms. The highest BCUT2D eigenvalue weighted by Crippen LogP contribution is 1.96. The Kier molecular flexibility index (Phi) is 7.52. The summed E-state index contributed by atoms with van der Waals surface area (Å²) in [5.74, 6) is 0.481. The van der Waals surface area contributed by atoms with Crippen LogP contribution in [0.3, 0.4) is 0 Å². The molecule has 0 aromatic heterocycles. The van der Waals surface area contributed by atoms with Crippen LogP contribution in [0.25, 0.3) is 0 Å². The first-order valence-electron chi connectivity index (χ1n) is 4.07. The van der Waals surface area contributed by atoms with Crippen molar-refractivity contribution in [2.45, 2.75) is 13.8 Å². The monoisotopic (exact) mass is 158 g/mol. The van der Waals surface area contributed by atoms with Crippen molar-refractivity contribution in [1.82, 2.24) is 0 Å². The van der Waals surface area contributed by atoms with E-state index < -0.39 is 0 Å². The first-order valence-corrected chi connectivity index (χ1v) is 4.07. The first-order chi connectivity index (χ1) is 5.31. The number of rotatable bonds is 7. The van der Waals surface area contributed by atoms with E-state index in [4.69, 9.17) is 9.47 Å². The molecular weight excluding hydrogens is 140 g/mol. The van der Waals surface area contributed by atoms with Gasteiger partial charge in [0.2, 0.25) is 0 Å². The summed E-state index contributed by atoms with van der Waals surface area (Å²) in [4.78, 5) is 0. The maximum Gasteiger partial charge on any atom is 0.0644 e. The standard InChI is InChI=1S/C9H18O2/c1-4-6-11-8-9(3)7-10-5-2/h4,9H,1,5-8H2,2-3H3. The molecule has 0 saturated carbocycles. The molecule has 0 aliphatic heterocycles. The summed E-state index contributed by atoms with van der Waals surface area (Å²) in [7, 11) is 0. The lowest BCUT2D eigenvalue weighted by molar-refractivity contribution is 0.0604. The van der Waals surface area contributed by atoms with Crippen molar-refractivity contribution in [3.8, 4) is 0 Å². The molecular formula is C9H18O2. The molecule has 0 fully saturated rings. The minimum absolute atomic E-state index is 0.481. The quantitative estimate of drug-likeness (QED) is 0.416. The summed E-state index contributed by atoms with van der Waals surface area (Å²) in [5.41, 5.74) is 0. The zero-order chi connectivity index (χ0) is 8.53. The molecule has 0 saturated heterocycles. The van der Waals surface area contributed by atoms with Gasteiger partial charge in [0.05, 0.1) is 19.8 Å². The van der Waals surface area contributed by atoms with E-state index in [9.17, 15) is 0 Å². The highest BCUT2D eigenvalue weighted by atomic mass is 16.5. The Bertz CT molecular complexity index is 91.6. The molecule has 2 nitrogen and oxygen atoms in total. The molecule has 1 unspecified atom stereocenters. The van der Waals surface area contributed by atoms with Gasteiger partial charge < -0.3 is 9.47 Å². The summed E-state index contributed by atoms with van der Waals surface area (Å²) in [6, 6.07) is 0. The van der Waals surface area contributed by atoms with Gasteiger partial charge in [-0.15, -0.1) is 6.58 Å². The minimum Gasteiger partial charge on any atom is -0.381 e. The van der Waals surface area contributed by atoms with Crippen LogP contribution < -0.4 is 0 Å². The van der Waals surface area contributed by atoms with Crippen LogP contribution in [0.2, 0.25) is 0 Å². The number of hydrogen-bond donors (Lipinski definition) is 0. The molecule has 0 heterocycles. The lowest BCUT2D eigenvalue weighted by Crippen LogP contribution is -2.12. The van der Waals surface area contributed by atoms with Gasteiger partial charge in [-0.05, 0) is 6.92 Å². The van der Waals surface area contributed by atoms with Gasteiger partial charge in [0.1, 0.15) is 0 Å². The lowest BCUT2D eigenvalue weighted by atomic mass is 10.2. The zero-order valence-corrected chi connectivity index (χ0v) is 7.51. The Balaban J connectivity index is 3.08. The van der Waals surface area contributed by atoms with Crippen LogP contribution in [0.1, 0.15) is 13.8 Å². The van der Waals surface area contributed by atoms with E-state index in [0.29, 0.717) is 12.5 Å². The fourth-order valence-corrected chi connectivity index (χ4v) is 0.720. The van der Waals surface area contributed by atoms with E-state index in [1.807, 2.05) is 6.92 Å². The first kappa shape index (κ1) is 10.7. The smallest absolute Gasteiger partial charge is 0.0644 e. The van der Waals surface area contributed by atoms with Crippen molar-refractivity contribution in [2.75, 3.05) is 26.4 Å². The third-order valence-electron chi connectivity index (χ3n) is 1.24. The molecule has 0 rings (SSSR count). The summed E-state index contributed by atoms with van der Waals surface area (Å²) >= 11 is 0. The van der Waals surface area contributed by atoms with E-state index in [1.165, 1.54) is 0 Å². The molecule has 11 heavy (non-hydrogen) atoms. The summed E-state index contributed by atoms with van der Waals surface area (Å²) in [6.45, 7) is 10.6. The molecule has 0 aromatic rings. The third-order valence-corrected chi connectivity index (χ3v) is 1.24. The average molecular weight is 158 g/mol. The number of ether oxygens (including phenoxy) is 2. The fourth-order valence-electron chi connectivity index (χ4n) is 0.720. The third kappa shape index (κ3) is 7.56. The molecule has 0 bridgehead atoms. The molecule has 0 aliphatic carbocycles. The van der Waals surface area contributed by atoms with Gasteiger partial charge in [-0.2, -0.15) is 0 Å². The van der Waals surface area contributed by atoms with Crippen molar-refractivity contribution in [2.24, 2.45) is 5.92 Å². The molecule has 0 amide bonds. The van der Waals surface area contributed by atoms with E-state index in [1.54, 1.807) is 6.08 Å². The van der Waals surface area contributed by atoms with Gasteiger partial charge in [0, 0.05) is 12.5 Å². The largest absolute Gasteiger partial charge is 0.381 e. The van der Waals surface area contributed by atoms with E-state index >= 15 is 0 Å². The van der Waals surface area contributed by atoms with Crippen LogP contribution in [-0.4, -0.2) is 26.4 Å². The van der Waals surface area contributed by atoms with Crippen LogP contribution in [0.4, 0.5) is 0 Å². The van der Waals surface area contributed by atoms with Gasteiger partial charge in [0.25, 0.3) is 0 Å². The predicted molar refractivity (Wildman–Crippen MR) is 46.7 cm³/mol. The Labute approximate surface area is 69.2 Å². The van der Waals surface area contributed by atoms with Gasteiger partial charge >= 0.3 is 0 Å². The van der Waals surface area contributed by atoms with Crippen LogP contribution >= 0.6 is 0 Å². The van der Waals surface area contributed by atoms with E-state index in [-0.39, 0.29) is 0 Å². The second-order valence-corrected chi connectivity index (χ2v) is 2.59. The molecule has 0 spiro atoms. The Morgan fingerprint density at radius 2 is 2.00 bits per heavy atom. The summed E-state index contributed by atoms with van der Waals surface area (Å²) in [5, 5.41) is 0. The SMILES string of the molecule is C=CCOCC(C)COCC. The van der Waals surface area contributed by atoms with Gasteiger partial charge in [-0.1, -0.05) is 13.0 Å². The average Bonchev–Trinajstić information content (AvgIpc) is 2.01. The molecule has 1 atom stereocenters. The fraction of sp³-hybridized carbons (Fsp3) is 0.778. The van der Waals surface area contributed by atoms with Crippen LogP contribution in [-0.2, 0) is 9.47 Å². The molecule has 0 radical (unpaired) electrons. The second-order valence-electron chi connectivity index (χ2n) is 2.59. The van der Waals surface area contributed by atoms with Crippen molar-refractivity contribution in [3.63, 3.8) is 0 Å². The van der Waals surface area contributed by atoms with Crippen molar-refractivity contribution in [1.29, 1.82) is 0 Å². The van der Waals surface area contributed by atoms with Crippen molar-refractivity contribution >= 4 is 0 Å². The molecule has 66 valence electrons. The number of hydrogen-bond acceptors (Lipinski definition) is 2. The maximum atomic E-state index is 5.24. The highest BCUT2D eigenvalue weighted by Gasteiger charge is 1.99. The summed E-state index contributed by atoms with van der Waals surface area (Å²) < 4.78 is 10.5. The van der Waals surface area contributed by atoms with Crippen molar-refractivity contribution in [3.05, 3.63) is 12.7 Å². The van der Waals surface area contributed by atoms with Crippen LogP contribution in [0.5, 0.6) is 0 Å². The topological polar surface area (TPSA) is 18.5 Å². The zero-order valence-electron chi connectivity index (χ0n) is 7.51. The summed E-state index contributed by atoms with van der Waals surface area (Å²) in [6.07, 6.45) is 1.76. The Morgan fingerprint density at radius 1 is 1.36 bits per heavy atom.